The van der Waals surface area contributed by atoms with E-state index in [0.717, 1.165) is 10.6 Å². The SMILES string of the molecule is CCOc1ccccc1S(=O)(=O)N1CCc2nc(NC(=O)OC)sc2C1. The number of aromatic nitrogens is 1. The highest BCUT2D eigenvalue weighted by Gasteiger charge is 2.32. The van der Waals surface area contributed by atoms with Gasteiger partial charge in [0, 0.05) is 17.8 Å². The van der Waals surface area contributed by atoms with Crippen LogP contribution in [0.4, 0.5) is 9.93 Å². The topological polar surface area (TPSA) is 97.8 Å². The Labute approximate surface area is 155 Å². The van der Waals surface area contributed by atoms with Crippen LogP contribution in [0.3, 0.4) is 0 Å². The van der Waals surface area contributed by atoms with E-state index in [0.29, 0.717) is 30.5 Å². The quantitative estimate of drug-likeness (QED) is 0.832. The predicted molar refractivity (Wildman–Crippen MR) is 97.1 cm³/mol. The molecule has 1 aromatic carbocycles. The Morgan fingerprint density at radius 1 is 1.38 bits per heavy atom. The third kappa shape index (κ3) is 3.67. The molecule has 10 heteroatoms. The molecule has 0 saturated heterocycles. The van der Waals surface area contributed by atoms with E-state index in [-0.39, 0.29) is 11.4 Å². The van der Waals surface area contributed by atoms with E-state index < -0.39 is 16.1 Å². The Hall–Kier alpha value is -2.17. The van der Waals surface area contributed by atoms with Gasteiger partial charge in [-0.2, -0.15) is 4.31 Å². The first-order valence-corrected chi connectivity index (χ1v) is 10.3. The minimum atomic E-state index is -3.70. The number of carbonyl (C=O) groups excluding carboxylic acids is 1. The number of ether oxygens (including phenoxy) is 2. The number of carbonyl (C=O) groups is 1. The van der Waals surface area contributed by atoms with Gasteiger partial charge in [-0.05, 0) is 19.1 Å². The molecule has 140 valence electrons. The molecule has 1 aliphatic heterocycles. The summed E-state index contributed by atoms with van der Waals surface area (Å²) in [5.41, 5.74) is 0.797. The van der Waals surface area contributed by atoms with Gasteiger partial charge >= 0.3 is 6.09 Å². The number of nitrogens with one attached hydrogen (secondary N) is 1. The van der Waals surface area contributed by atoms with Crippen LogP contribution in [0.2, 0.25) is 0 Å². The van der Waals surface area contributed by atoms with Gasteiger partial charge < -0.3 is 9.47 Å². The van der Waals surface area contributed by atoms with Gasteiger partial charge in [0.1, 0.15) is 10.6 Å². The van der Waals surface area contributed by atoms with Crippen LogP contribution < -0.4 is 10.1 Å². The summed E-state index contributed by atoms with van der Waals surface area (Å²) < 4.78 is 37.6. The van der Waals surface area contributed by atoms with Crippen LogP contribution in [0, 0.1) is 0 Å². The Kier molecular flexibility index (Phi) is 5.44. The molecular formula is C16H19N3O5S2. The van der Waals surface area contributed by atoms with Crippen LogP contribution in [-0.2, 0) is 27.7 Å². The first-order valence-electron chi connectivity index (χ1n) is 8.01. The molecule has 0 radical (unpaired) electrons. The van der Waals surface area contributed by atoms with Crippen molar-refractivity contribution >= 4 is 32.6 Å². The Balaban J connectivity index is 1.85. The second-order valence-electron chi connectivity index (χ2n) is 5.47. The maximum absolute atomic E-state index is 13.1. The maximum Gasteiger partial charge on any atom is 0.413 e. The standard InChI is InChI=1S/C16H19N3O5S2/c1-3-24-12-6-4-5-7-14(12)26(21,22)19-9-8-11-13(10-19)25-15(17-11)18-16(20)23-2/h4-7H,3,8-10H2,1-2H3,(H,17,18,20). The molecule has 3 rings (SSSR count). The molecule has 8 nitrogen and oxygen atoms in total. The number of rotatable bonds is 5. The number of sulfonamides is 1. The fourth-order valence-electron chi connectivity index (χ4n) is 2.65. The molecule has 1 N–H and O–H groups in total. The minimum Gasteiger partial charge on any atom is -0.492 e. The number of amides is 1. The number of hydrogen-bond donors (Lipinski definition) is 1. The summed E-state index contributed by atoms with van der Waals surface area (Å²) in [7, 11) is -2.43. The van der Waals surface area contributed by atoms with E-state index >= 15 is 0 Å². The molecule has 0 aliphatic carbocycles. The molecule has 2 aromatic rings. The van der Waals surface area contributed by atoms with E-state index in [9.17, 15) is 13.2 Å². The van der Waals surface area contributed by atoms with Gasteiger partial charge in [-0.25, -0.2) is 18.2 Å². The summed E-state index contributed by atoms with van der Waals surface area (Å²) in [4.78, 5) is 16.6. The minimum absolute atomic E-state index is 0.155. The lowest BCUT2D eigenvalue weighted by Crippen LogP contribution is -2.35. The van der Waals surface area contributed by atoms with Crippen LogP contribution in [-0.4, -0.2) is 44.1 Å². The van der Waals surface area contributed by atoms with Gasteiger partial charge in [0.2, 0.25) is 10.0 Å². The maximum atomic E-state index is 13.1. The van der Waals surface area contributed by atoms with E-state index in [4.69, 9.17) is 4.74 Å². The van der Waals surface area contributed by atoms with Crippen molar-refractivity contribution < 1.29 is 22.7 Å². The summed E-state index contributed by atoms with van der Waals surface area (Å²) >= 11 is 1.25. The zero-order valence-corrected chi connectivity index (χ0v) is 16.0. The molecule has 2 heterocycles. The summed E-state index contributed by atoms with van der Waals surface area (Å²) in [6, 6.07) is 6.62. The number of benzene rings is 1. The smallest absolute Gasteiger partial charge is 0.413 e. The first kappa shape index (κ1) is 18.6. The highest BCUT2D eigenvalue weighted by Crippen LogP contribution is 2.33. The molecule has 0 spiro atoms. The summed E-state index contributed by atoms with van der Waals surface area (Å²) in [6.07, 6.45) is -0.128. The van der Waals surface area contributed by atoms with E-state index in [1.807, 2.05) is 6.92 Å². The molecule has 0 saturated carbocycles. The van der Waals surface area contributed by atoms with E-state index in [1.165, 1.54) is 22.8 Å². The fourth-order valence-corrected chi connectivity index (χ4v) is 5.28. The van der Waals surface area contributed by atoms with Gasteiger partial charge in [0.15, 0.2) is 5.13 Å². The van der Waals surface area contributed by atoms with Crippen LogP contribution >= 0.6 is 11.3 Å². The lowest BCUT2D eigenvalue weighted by molar-refractivity contribution is 0.187. The van der Waals surface area contributed by atoms with Gasteiger partial charge in [0.05, 0.1) is 26.0 Å². The van der Waals surface area contributed by atoms with Crippen LogP contribution in [0.1, 0.15) is 17.5 Å². The zero-order valence-electron chi connectivity index (χ0n) is 14.4. The van der Waals surface area contributed by atoms with Gasteiger partial charge in [-0.1, -0.05) is 23.5 Å². The van der Waals surface area contributed by atoms with Crippen molar-refractivity contribution in [3.63, 3.8) is 0 Å². The lowest BCUT2D eigenvalue weighted by Gasteiger charge is -2.26. The molecular weight excluding hydrogens is 378 g/mol. The molecule has 1 aliphatic rings. The number of hydrogen-bond acceptors (Lipinski definition) is 7. The number of fused-ring (bicyclic) bond motifs is 1. The average molecular weight is 397 g/mol. The van der Waals surface area contributed by atoms with Crippen LogP contribution in [0.15, 0.2) is 29.2 Å². The number of methoxy groups -OCH3 is 1. The molecule has 26 heavy (non-hydrogen) atoms. The van der Waals surface area contributed by atoms with Crippen molar-refractivity contribution in [3.05, 3.63) is 34.8 Å². The van der Waals surface area contributed by atoms with Crippen molar-refractivity contribution in [2.75, 3.05) is 25.6 Å². The van der Waals surface area contributed by atoms with Crippen molar-refractivity contribution in [2.24, 2.45) is 0 Å². The fraction of sp³-hybridized carbons (Fsp3) is 0.375. The van der Waals surface area contributed by atoms with Gasteiger partial charge in [0.25, 0.3) is 0 Å². The second-order valence-corrected chi connectivity index (χ2v) is 8.46. The van der Waals surface area contributed by atoms with Crippen molar-refractivity contribution in [1.82, 2.24) is 9.29 Å². The molecule has 0 bridgehead atoms. The molecule has 0 fully saturated rings. The highest BCUT2D eigenvalue weighted by molar-refractivity contribution is 7.89. The summed E-state index contributed by atoms with van der Waals surface area (Å²) in [5, 5.41) is 2.92. The number of nitrogens with zero attached hydrogens (tertiary/aromatic N) is 2. The third-order valence-corrected chi connectivity index (χ3v) is 6.74. The van der Waals surface area contributed by atoms with Gasteiger partial charge in [-0.3, -0.25) is 5.32 Å². The van der Waals surface area contributed by atoms with Crippen molar-refractivity contribution in [3.8, 4) is 5.75 Å². The number of thiazole rings is 1. The normalized spacial score (nSPS) is 14.5. The first-order chi connectivity index (χ1) is 12.5. The Morgan fingerprint density at radius 2 is 2.15 bits per heavy atom. The van der Waals surface area contributed by atoms with Gasteiger partial charge in [-0.15, -0.1) is 0 Å². The van der Waals surface area contributed by atoms with E-state index in [2.05, 4.69) is 15.0 Å². The molecule has 1 aromatic heterocycles. The Bertz CT molecular complexity index is 910. The highest BCUT2D eigenvalue weighted by atomic mass is 32.2. The second kappa shape index (κ2) is 7.60. The molecule has 0 atom stereocenters. The lowest BCUT2D eigenvalue weighted by atomic mass is 10.2. The van der Waals surface area contributed by atoms with Crippen molar-refractivity contribution in [1.29, 1.82) is 0 Å². The molecule has 0 unspecified atom stereocenters. The third-order valence-electron chi connectivity index (χ3n) is 3.86. The average Bonchev–Trinajstić information content (AvgIpc) is 3.03. The number of anilines is 1. The number of para-hydroxylation sites is 1. The zero-order chi connectivity index (χ0) is 18.7. The van der Waals surface area contributed by atoms with Crippen LogP contribution in [0.25, 0.3) is 0 Å². The summed E-state index contributed by atoms with van der Waals surface area (Å²) in [5.74, 6) is 0.346. The largest absolute Gasteiger partial charge is 0.492 e. The van der Waals surface area contributed by atoms with Crippen molar-refractivity contribution in [2.45, 2.75) is 24.8 Å². The monoisotopic (exact) mass is 397 g/mol. The molecule has 1 amide bonds. The van der Waals surface area contributed by atoms with E-state index in [1.54, 1.807) is 24.3 Å². The Morgan fingerprint density at radius 3 is 2.88 bits per heavy atom. The van der Waals surface area contributed by atoms with Crippen LogP contribution in [0.5, 0.6) is 5.75 Å². The summed E-state index contributed by atoms with van der Waals surface area (Å²) in [6.45, 7) is 2.72. The predicted octanol–water partition coefficient (Wildman–Crippen LogP) is 2.47.